The monoisotopic (exact) mass is 317 g/mol. The lowest BCUT2D eigenvalue weighted by Crippen LogP contribution is -2.17. The Labute approximate surface area is 133 Å². The van der Waals surface area contributed by atoms with E-state index in [0.717, 1.165) is 36.9 Å². The first-order valence-electron chi connectivity index (χ1n) is 7.18. The Morgan fingerprint density at radius 3 is 2.86 bits per heavy atom. The summed E-state index contributed by atoms with van der Waals surface area (Å²) in [4.78, 5) is 12.4. The molecule has 2 aromatic rings. The third-order valence-electron chi connectivity index (χ3n) is 3.71. The van der Waals surface area contributed by atoms with Crippen LogP contribution in [0.2, 0.25) is 5.02 Å². The maximum absolute atomic E-state index is 12.4. The number of anilines is 1. The summed E-state index contributed by atoms with van der Waals surface area (Å²) < 4.78 is 5.22. The van der Waals surface area contributed by atoms with Crippen LogP contribution in [0.25, 0.3) is 0 Å². The number of amides is 1. The summed E-state index contributed by atoms with van der Waals surface area (Å²) in [7, 11) is 1.54. The van der Waals surface area contributed by atoms with Gasteiger partial charge in [-0.05, 0) is 55.5 Å². The van der Waals surface area contributed by atoms with Gasteiger partial charge in [0.25, 0.3) is 5.91 Å². The van der Waals surface area contributed by atoms with Gasteiger partial charge in [0, 0.05) is 5.02 Å². The number of benzene rings is 1. The van der Waals surface area contributed by atoms with E-state index in [2.05, 4.69) is 15.5 Å². The van der Waals surface area contributed by atoms with E-state index in [1.807, 2.05) is 6.07 Å². The molecule has 1 aliphatic carbocycles. The second kappa shape index (κ2) is 6.32. The van der Waals surface area contributed by atoms with Crippen LogP contribution in [-0.4, -0.2) is 23.2 Å². The molecule has 1 aliphatic rings. The molecule has 1 aromatic heterocycles. The largest absolute Gasteiger partial charge is 0.495 e. The lowest BCUT2D eigenvalue weighted by atomic mass is 9.96. The van der Waals surface area contributed by atoms with Crippen molar-refractivity contribution < 1.29 is 9.53 Å². The summed E-state index contributed by atoms with van der Waals surface area (Å²) in [5, 5.41) is 11.5. The maximum Gasteiger partial charge on any atom is 0.276 e. The van der Waals surface area contributed by atoms with E-state index in [1.54, 1.807) is 18.2 Å². The van der Waals surface area contributed by atoms with Gasteiger partial charge in [0.2, 0.25) is 0 Å². The molecule has 1 amide bonds. The van der Waals surface area contributed by atoms with Crippen LogP contribution in [0.3, 0.4) is 0 Å². The van der Waals surface area contributed by atoms with E-state index in [4.69, 9.17) is 16.3 Å². The number of carbonyl (C=O) groups excluding carboxylic acids is 1. The van der Waals surface area contributed by atoms with E-state index in [1.165, 1.54) is 7.11 Å². The van der Waals surface area contributed by atoms with E-state index in [-0.39, 0.29) is 5.91 Å². The SMILES string of the molecule is COc1ccc(Cl)cc1NC(=O)c1cc2c(nn1)CCCC2. The Balaban J connectivity index is 1.84. The Bertz CT molecular complexity index is 719. The van der Waals surface area contributed by atoms with Crippen molar-refractivity contribution in [3.05, 3.63) is 46.2 Å². The lowest BCUT2D eigenvalue weighted by Gasteiger charge is -2.14. The van der Waals surface area contributed by atoms with Crippen LogP contribution in [0.5, 0.6) is 5.75 Å². The minimum absolute atomic E-state index is 0.308. The van der Waals surface area contributed by atoms with Crippen molar-refractivity contribution >= 4 is 23.2 Å². The summed E-state index contributed by atoms with van der Waals surface area (Å²) in [6.45, 7) is 0. The number of hydrogen-bond donors (Lipinski definition) is 1. The number of aromatic nitrogens is 2. The molecule has 5 nitrogen and oxygen atoms in total. The molecule has 114 valence electrons. The highest BCUT2D eigenvalue weighted by Gasteiger charge is 2.17. The molecule has 0 spiro atoms. The summed E-state index contributed by atoms with van der Waals surface area (Å²) in [6, 6.07) is 6.88. The number of nitrogens with zero attached hydrogens (tertiary/aromatic N) is 2. The van der Waals surface area contributed by atoms with E-state index >= 15 is 0 Å². The van der Waals surface area contributed by atoms with Gasteiger partial charge >= 0.3 is 0 Å². The van der Waals surface area contributed by atoms with Crippen LogP contribution in [0.4, 0.5) is 5.69 Å². The van der Waals surface area contributed by atoms with Gasteiger partial charge in [0.05, 0.1) is 18.5 Å². The fourth-order valence-electron chi connectivity index (χ4n) is 2.57. The van der Waals surface area contributed by atoms with Crippen LogP contribution in [0.1, 0.15) is 34.6 Å². The van der Waals surface area contributed by atoms with E-state index in [0.29, 0.717) is 22.2 Å². The second-order valence-corrected chi connectivity index (χ2v) is 5.64. The van der Waals surface area contributed by atoms with Gasteiger partial charge < -0.3 is 10.1 Å². The molecule has 22 heavy (non-hydrogen) atoms. The maximum atomic E-state index is 12.4. The molecule has 1 heterocycles. The number of rotatable bonds is 3. The standard InChI is InChI=1S/C16H16ClN3O2/c1-22-15-7-6-11(17)9-13(15)18-16(21)14-8-10-4-2-3-5-12(10)19-20-14/h6-9H,2-5H2,1H3,(H,18,21). The molecule has 6 heteroatoms. The minimum atomic E-state index is -0.318. The van der Waals surface area contributed by atoms with Crippen LogP contribution >= 0.6 is 11.6 Å². The van der Waals surface area contributed by atoms with Gasteiger partial charge in [0.1, 0.15) is 5.75 Å². The number of ether oxygens (including phenoxy) is 1. The van der Waals surface area contributed by atoms with Crippen molar-refractivity contribution in [1.82, 2.24) is 10.2 Å². The van der Waals surface area contributed by atoms with Crippen molar-refractivity contribution in [2.24, 2.45) is 0 Å². The van der Waals surface area contributed by atoms with Gasteiger partial charge in [-0.2, -0.15) is 5.10 Å². The highest BCUT2D eigenvalue weighted by Crippen LogP contribution is 2.28. The molecule has 0 radical (unpaired) electrons. The molecule has 0 saturated carbocycles. The van der Waals surface area contributed by atoms with Crippen molar-refractivity contribution in [2.75, 3.05) is 12.4 Å². The number of carbonyl (C=O) groups is 1. The number of halogens is 1. The zero-order valence-corrected chi connectivity index (χ0v) is 13.0. The normalized spacial score (nSPS) is 13.4. The Kier molecular flexibility index (Phi) is 4.24. The van der Waals surface area contributed by atoms with Crippen LogP contribution in [0.15, 0.2) is 24.3 Å². The number of hydrogen-bond acceptors (Lipinski definition) is 4. The fraction of sp³-hybridized carbons (Fsp3) is 0.312. The van der Waals surface area contributed by atoms with Crippen molar-refractivity contribution in [1.29, 1.82) is 0 Å². The minimum Gasteiger partial charge on any atom is -0.495 e. The number of nitrogens with one attached hydrogen (secondary N) is 1. The molecule has 1 aromatic carbocycles. The van der Waals surface area contributed by atoms with Gasteiger partial charge in [-0.3, -0.25) is 4.79 Å². The molecule has 1 N–H and O–H groups in total. The fourth-order valence-corrected chi connectivity index (χ4v) is 2.74. The van der Waals surface area contributed by atoms with Crippen molar-refractivity contribution in [3.8, 4) is 5.75 Å². The molecule has 0 atom stereocenters. The quantitative estimate of drug-likeness (QED) is 0.943. The summed E-state index contributed by atoms with van der Waals surface area (Å²) >= 11 is 5.96. The Hall–Kier alpha value is -2.14. The summed E-state index contributed by atoms with van der Waals surface area (Å²) in [5.41, 5.74) is 2.94. The highest BCUT2D eigenvalue weighted by atomic mass is 35.5. The molecule has 0 fully saturated rings. The van der Waals surface area contributed by atoms with Gasteiger partial charge in [-0.1, -0.05) is 11.6 Å². The van der Waals surface area contributed by atoms with Gasteiger partial charge in [-0.25, -0.2) is 0 Å². The van der Waals surface area contributed by atoms with Crippen molar-refractivity contribution in [3.63, 3.8) is 0 Å². The lowest BCUT2D eigenvalue weighted by molar-refractivity contribution is 0.102. The van der Waals surface area contributed by atoms with E-state index < -0.39 is 0 Å². The summed E-state index contributed by atoms with van der Waals surface area (Å²) in [5.74, 6) is 0.227. The average Bonchev–Trinajstić information content (AvgIpc) is 2.54. The van der Waals surface area contributed by atoms with Crippen molar-refractivity contribution in [2.45, 2.75) is 25.7 Å². The summed E-state index contributed by atoms with van der Waals surface area (Å²) in [6.07, 6.45) is 4.15. The molecule has 0 bridgehead atoms. The third kappa shape index (κ3) is 3.04. The molecular weight excluding hydrogens is 302 g/mol. The van der Waals surface area contributed by atoms with Crippen LogP contribution in [0, 0.1) is 0 Å². The smallest absolute Gasteiger partial charge is 0.276 e. The molecule has 0 saturated heterocycles. The molecular formula is C16H16ClN3O2. The first kappa shape index (κ1) is 14.8. The zero-order chi connectivity index (χ0) is 15.5. The van der Waals surface area contributed by atoms with Gasteiger partial charge in [0.15, 0.2) is 5.69 Å². The average molecular weight is 318 g/mol. The van der Waals surface area contributed by atoms with E-state index in [9.17, 15) is 4.79 Å². The first-order chi connectivity index (χ1) is 10.7. The predicted octanol–water partition coefficient (Wildman–Crippen LogP) is 3.27. The van der Waals surface area contributed by atoms with Gasteiger partial charge in [-0.15, -0.1) is 5.10 Å². The Morgan fingerprint density at radius 1 is 1.23 bits per heavy atom. The Morgan fingerprint density at radius 2 is 2.05 bits per heavy atom. The second-order valence-electron chi connectivity index (χ2n) is 5.21. The van der Waals surface area contributed by atoms with Crippen LogP contribution in [-0.2, 0) is 12.8 Å². The number of fused-ring (bicyclic) bond motifs is 1. The highest BCUT2D eigenvalue weighted by molar-refractivity contribution is 6.31. The molecule has 3 rings (SSSR count). The number of methoxy groups -OCH3 is 1. The molecule has 0 aliphatic heterocycles. The topological polar surface area (TPSA) is 64.1 Å². The first-order valence-corrected chi connectivity index (χ1v) is 7.55. The predicted molar refractivity (Wildman–Crippen MR) is 84.6 cm³/mol. The zero-order valence-electron chi connectivity index (χ0n) is 12.2. The van der Waals surface area contributed by atoms with Crippen LogP contribution < -0.4 is 10.1 Å². The molecule has 0 unspecified atom stereocenters. The third-order valence-corrected chi connectivity index (χ3v) is 3.95. The number of aryl methyl sites for hydroxylation is 2.